The van der Waals surface area contributed by atoms with E-state index in [1.807, 2.05) is 66.7 Å². The second-order valence-electron chi connectivity index (χ2n) is 7.68. The van der Waals surface area contributed by atoms with Gasteiger partial charge in [0.15, 0.2) is 5.78 Å². The summed E-state index contributed by atoms with van der Waals surface area (Å²) in [5, 5.41) is 3.70. The fourth-order valence-electron chi connectivity index (χ4n) is 4.41. The highest BCUT2D eigenvalue weighted by Crippen LogP contribution is 2.40. The first-order chi connectivity index (χ1) is 14.7. The highest BCUT2D eigenvalue weighted by molar-refractivity contribution is 6.07. The molecular weight excluding hydrogens is 372 g/mol. The largest absolute Gasteiger partial charge is 0.292 e. The second-order valence-corrected chi connectivity index (χ2v) is 7.68. The van der Waals surface area contributed by atoms with E-state index < -0.39 is 0 Å². The first-order valence-corrected chi connectivity index (χ1v) is 10.3. The van der Waals surface area contributed by atoms with Crippen molar-refractivity contribution in [2.75, 3.05) is 6.54 Å². The van der Waals surface area contributed by atoms with E-state index in [4.69, 9.17) is 0 Å². The molecule has 30 heavy (non-hydrogen) atoms. The van der Waals surface area contributed by atoms with E-state index in [2.05, 4.69) is 17.1 Å². The van der Waals surface area contributed by atoms with E-state index in [9.17, 15) is 9.59 Å². The minimum Gasteiger partial charge on any atom is -0.292 e. The Labute approximate surface area is 176 Å². The van der Waals surface area contributed by atoms with Crippen molar-refractivity contribution in [1.82, 2.24) is 10.0 Å². The maximum absolute atomic E-state index is 13.6. The molecule has 3 aromatic carbocycles. The topological polar surface area (TPSA) is 40.6 Å². The Morgan fingerprint density at radius 1 is 0.867 bits per heavy atom. The number of carbonyl (C=O) groups is 2. The van der Waals surface area contributed by atoms with E-state index in [0.717, 1.165) is 17.5 Å². The average molecular weight is 394 g/mol. The van der Waals surface area contributed by atoms with E-state index in [0.29, 0.717) is 24.2 Å². The van der Waals surface area contributed by atoms with Gasteiger partial charge in [0.1, 0.15) is 5.70 Å². The van der Waals surface area contributed by atoms with Crippen molar-refractivity contribution in [3.05, 3.63) is 113 Å². The molecule has 148 valence electrons. The molecular formula is C26H22N2O2. The lowest BCUT2D eigenvalue weighted by Gasteiger charge is -2.47. The third-order valence-electron chi connectivity index (χ3n) is 5.85. The van der Waals surface area contributed by atoms with Crippen LogP contribution in [0.25, 0.3) is 6.08 Å². The summed E-state index contributed by atoms with van der Waals surface area (Å²) < 4.78 is 0. The molecule has 0 bridgehead atoms. The Kier molecular flexibility index (Phi) is 4.77. The molecule has 2 aliphatic rings. The summed E-state index contributed by atoms with van der Waals surface area (Å²) in [4.78, 5) is 26.9. The maximum Gasteiger partial charge on any atom is 0.272 e. The molecule has 0 radical (unpaired) electrons. The smallest absolute Gasteiger partial charge is 0.272 e. The van der Waals surface area contributed by atoms with Crippen LogP contribution in [-0.2, 0) is 11.2 Å². The molecule has 1 amide bonds. The number of allylic oxidation sites excluding steroid dienone is 1. The molecule has 0 aliphatic carbocycles. The Morgan fingerprint density at radius 3 is 2.30 bits per heavy atom. The number of ketones is 1. The summed E-state index contributed by atoms with van der Waals surface area (Å²) in [6.07, 6.45) is 3.05. The number of benzene rings is 3. The second kappa shape index (κ2) is 7.73. The fourth-order valence-corrected chi connectivity index (χ4v) is 4.41. The van der Waals surface area contributed by atoms with Crippen LogP contribution in [-0.4, -0.2) is 28.3 Å². The first kappa shape index (κ1) is 18.5. The van der Waals surface area contributed by atoms with Crippen molar-refractivity contribution >= 4 is 17.8 Å². The molecule has 4 nitrogen and oxygen atoms in total. The van der Waals surface area contributed by atoms with Gasteiger partial charge in [0.25, 0.3) is 5.91 Å². The van der Waals surface area contributed by atoms with Crippen LogP contribution in [0.1, 0.15) is 39.5 Å². The number of fused-ring (bicyclic) bond motifs is 3. The summed E-state index contributed by atoms with van der Waals surface area (Å²) in [7, 11) is 0. The van der Waals surface area contributed by atoms with Gasteiger partial charge in [-0.2, -0.15) is 0 Å². The Morgan fingerprint density at radius 2 is 1.53 bits per heavy atom. The van der Waals surface area contributed by atoms with Gasteiger partial charge in [-0.05, 0) is 41.3 Å². The minimum atomic E-state index is -0.171. The molecule has 5 rings (SSSR count). The number of amides is 1. The van der Waals surface area contributed by atoms with Gasteiger partial charge in [-0.25, -0.2) is 10.0 Å². The number of hydrogen-bond acceptors (Lipinski definition) is 3. The highest BCUT2D eigenvalue weighted by atomic mass is 16.2. The normalized spacial score (nSPS) is 20.0. The molecule has 2 aliphatic heterocycles. The Hall–Kier alpha value is -3.50. The van der Waals surface area contributed by atoms with E-state index in [-0.39, 0.29) is 17.7 Å². The molecule has 1 unspecified atom stereocenters. The molecule has 0 spiro atoms. The summed E-state index contributed by atoms with van der Waals surface area (Å²) in [5.41, 5.74) is 4.31. The lowest BCUT2D eigenvalue weighted by molar-refractivity contribution is -0.129. The van der Waals surface area contributed by atoms with Crippen molar-refractivity contribution in [2.24, 2.45) is 0 Å². The quantitative estimate of drug-likeness (QED) is 0.594. The van der Waals surface area contributed by atoms with Crippen molar-refractivity contribution in [3.63, 3.8) is 0 Å². The zero-order chi connectivity index (χ0) is 20.5. The van der Waals surface area contributed by atoms with Gasteiger partial charge in [-0.15, -0.1) is 0 Å². The molecule has 2 heterocycles. The standard InChI is InChI=1S/C26H22N2O2/c29-25-18-23-22-14-8-7-11-20(22)15-16-27(23)28(26(30)21-12-5-2-6-13-21)24(25)17-19-9-3-1-4-10-19/h1-14,17,23H,15-16,18H2/b24-17-. The third-order valence-corrected chi connectivity index (χ3v) is 5.85. The molecule has 4 heteroatoms. The maximum atomic E-state index is 13.6. The first-order valence-electron chi connectivity index (χ1n) is 10.3. The summed E-state index contributed by atoms with van der Waals surface area (Å²) in [5.74, 6) is -0.184. The van der Waals surface area contributed by atoms with Gasteiger partial charge in [0.05, 0.1) is 6.04 Å². The van der Waals surface area contributed by atoms with Crippen LogP contribution in [0.3, 0.4) is 0 Å². The van der Waals surface area contributed by atoms with Gasteiger partial charge in [0, 0.05) is 18.5 Å². The third kappa shape index (κ3) is 3.25. The van der Waals surface area contributed by atoms with Gasteiger partial charge in [-0.1, -0.05) is 72.8 Å². The van der Waals surface area contributed by atoms with Crippen LogP contribution in [0.5, 0.6) is 0 Å². The monoisotopic (exact) mass is 394 g/mol. The predicted molar refractivity (Wildman–Crippen MR) is 116 cm³/mol. The molecule has 1 atom stereocenters. The lowest BCUT2D eigenvalue weighted by atomic mass is 9.88. The van der Waals surface area contributed by atoms with Gasteiger partial charge < -0.3 is 0 Å². The van der Waals surface area contributed by atoms with Crippen LogP contribution < -0.4 is 0 Å². The predicted octanol–water partition coefficient (Wildman–Crippen LogP) is 4.66. The SMILES string of the molecule is O=C1CC2c3ccccc3CCN2N(C(=O)c2ccccc2)/C1=C\c1ccccc1. The number of rotatable bonds is 2. The van der Waals surface area contributed by atoms with E-state index >= 15 is 0 Å². The Balaban J connectivity index is 1.63. The summed E-state index contributed by atoms with van der Waals surface area (Å²) in [6.45, 7) is 0.694. The van der Waals surface area contributed by atoms with Gasteiger partial charge in [-0.3, -0.25) is 9.59 Å². The van der Waals surface area contributed by atoms with Crippen LogP contribution in [0, 0.1) is 0 Å². The number of nitrogens with zero attached hydrogens (tertiary/aromatic N) is 2. The Bertz CT molecular complexity index is 1120. The molecule has 1 saturated heterocycles. The lowest BCUT2D eigenvalue weighted by Crippen LogP contribution is -2.55. The number of hydrogen-bond donors (Lipinski definition) is 0. The molecule has 3 aromatic rings. The van der Waals surface area contributed by atoms with Gasteiger partial charge >= 0.3 is 0 Å². The van der Waals surface area contributed by atoms with E-state index in [1.54, 1.807) is 17.1 Å². The fraction of sp³-hybridized carbons (Fsp3) is 0.154. The number of hydrazine groups is 1. The van der Waals surface area contributed by atoms with Crippen molar-refractivity contribution in [2.45, 2.75) is 18.9 Å². The zero-order valence-corrected chi connectivity index (χ0v) is 16.6. The number of carbonyl (C=O) groups excluding carboxylic acids is 2. The molecule has 0 N–H and O–H groups in total. The van der Waals surface area contributed by atoms with Crippen molar-refractivity contribution in [1.29, 1.82) is 0 Å². The summed E-state index contributed by atoms with van der Waals surface area (Å²) >= 11 is 0. The molecule has 0 aromatic heterocycles. The highest BCUT2D eigenvalue weighted by Gasteiger charge is 2.43. The number of Topliss-reactive ketones (excluding diaryl/α,β-unsaturated/α-hetero) is 1. The van der Waals surface area contributed by atoms with Crippen LogP contribution in [0.2, 0.25) is 0 Å². The average Bonchev–Trinajstić information content (AvgIpc) is 2.80. The van der Waals surface area contributed by atoms with E-state index in [1.165, 1.54) is 5.56 Å². The molecule has 1 fully saturated rings. The van der Waals surface area contributed by atoms with Crippen molar-refractivity contribution in [3.8, 4) is 0 Å². The van der Waals surface area contributed by atoms with Crippen LogP contribution in [0.15, 0.2) is 90.6 Å². The van der Waals surface area contributed by atoms with Crippen LogP contribution >= 0.6 is 0 Å². The minimum absolute atomic E-state index is 0.0129. The van der Waals surface area contributed by atoms with Crippen LogP contribution in [0.4, 0.5) is 0 Å². The zero-order valence-electron chi connectivity index (χ0n) is 16.6. The van der Waals surface area contributed by atoms with Gasteiger partial charge in [0.2, 0.25) is 0 Å². The summed E-state index contributed by atoms with van der Waals surface area (Å²) in [6, 6.07) is 27.0. The molecule has 0 saturated carbocycles. The van der Waals surface area contributed by atoms with Crippen molar-refractivity contribution < 1.29 is 9.59 Å².